The second-order valence-corrected chi connectivity index (χ2v) is 8.44. The summed E-state index contributed by atoms with van der Waals surface area (Å²) in [5.74, 6) is 1.04. The Balaban J connectivity index is 1.66. The maximum absolute atomic E-state index is 13.2. The van der Waals surface area contributed by atoms with E-state index in [1.54, 1.807) is 23.0 Å². The van der Waals surface area contributed by atoms with Crippen LogP contribution in [0.1, 0.15) is 19.3 Å². The normalized spacial score (nSPS) is 14.5. The molecule has 1 fully saturated rings. The number of piperidine rings is 1. The summed E-state index contributed by atoms with van der Waals surface area (Å²) in [5.41, 5.74) is 0.617. The molecule has 28 heavy (non-hydrogen) atoms. The van der Waals surface area contributed by atoms with E-state index in [9.17, 15) is 9.59 Å². The van der Waals surface area contributed by atoms with Gasteiger partial charge in [0.2, 0.25) is 5.91 Å². The Morgan fingerprint density at radius 1 is 1.36 bits per heavy atom. The van der Waals surface area contributed by atoms with Crippen LogP contribution in [0.4, 0.5) is 0 Å². The lowest BCUT2D eigenvalue weighted by atomic mass is 10.1. The molecule has 8 heteroatoms. The number of likely N-dealkylation sites (tertiary alicyclic amines) is 1. The molecule has 1 aliphatic rings. The molecule has 0 N–H and O–H groups in total. The molecule has 3 aromatic rings. The number of fused-ring (bicyclic) bond motifs is 1. The Morgan fingerprint density at radius 2 is 2.18 bits per heavy atom. The number of hydrogen-bond acceptors (Lipinski definition) is 6. The third-order valence-corrected chi connectivity index (χ3v) is 6.62. The first-order chi connectivity index (χ1) is 13.7. The van der Waals surface area contributed by atoms with Crippen LogP contribution >= 0.6 is 23.1 Å². The van der Waals surface area contributed by atoms with Gasteiger partial charge in [-0.05, 0) is 31.4 Å². The van der Waals surface area contributed by atoms with Gasteiger partial charge < -0.3 is 9.32 Å². The summed E-state index contributed by atoms with van der Waals surface area (Å²) in [6.07, 6.45) is 6.57. The van der Waals surface area contributed by atoms with E-state index in [1.807, 2.05) is 16.3 Å². The van der Waals surface area contributed by atoms with Gasteiger partial charge in [-0.1, -0.05) is 17.8 Å². The molecule has 0 spiro atoms. The number of amides is 1. The van der Waals surface area contributed by atoms with Crippen LogP contribution in [0.2, 0.25) is 0 Å². The highest BCUT2D eigenvalue weighted by molar-refractivity contribution is 7.99. The number of allylic oxidation sites excluding steroid dienone is 1. The average molecular weight is 416 g/mol. The van der Waals surface area contributed by atoms with Crippen molar-refractivity contribution in [3.63, 3.8) is 0 Å². The third-order valence-electron chi connectivity index (χ3n) is 4.79. The van der Waals surface area contributed by atoms with E-state index in [1.165, 1.54) is 29.5 Å². The molecule has 0 saturated carbocycles. The van der Waals surface area contributed by atoms with Gasteiger partial charge in [0, 0.05) is 30.6 Å². The maximum atomic E-state index is 13.2. The molecule has 0 radical (unpaired) electrons. The molecule has 3 aromatic heterocycles. The van der Waals surface area contributed by atoms with Crippen LogP contribution in [-0.4, -0.2) is 39.2 Å². The minimum absolute atomic E-state index is 0.103. The van der Waals surface area contributed by atoms with E-state index >= 15 is 0 Å². The fourth-order valence-electron chi connectivity index (χ4n) is 3.38. The molecular formula is C20H21N3O3S2. The second kappa shape index (κ2) is 8.36. The number of carbonyl (C=O) groups excluding carboxylic acids is 1. The van der Waals surface area contributed by atoms with Gasteiger partial charge in [-0.25, -0.2) is 4.98 Å². The predicted molar refractivity (Wildman–Crippen MR) is 113 cm³/mol. The molecule has 146 valence electrons. The number of rotatable bonds is 6. The maximum Gasteiger partial charge on any atom is 0.263 e. The van der Waals surface area contributed by atoms with E-state index in [2.05, 4.69) is 11.6 Å². The fourth-order valence-corrected chi connectivity index (χ4v) is 5.26. The lowest BCUT2D eigenvalue weighted by Gasteiger charge is -2.26. The zero-order valence-electron chi connectivity index (χ0n) is 15.4. The molecule has 4 heterocycles. The molecule has 1 saturated heterocycles. The van der Waals surface area contributed by atoms with Gasteiger partial charge in [0.15, 0.2) is 5.16 Å². The molecule has 4 rings (SSSR count). The Labute approximate surface area is 170 Å². The monoisotopic (exact) mass is 415 g/mol. The highest BCUT2D eigenvalue weighted by Crippen LogP contribution is 2.32. The van der Waals surface area contributed by atoms with Crippen LogP contribution in [-0.2, 0) is 11.3 Å². The van der Waals surface area contributed by atoms with Crippen molar-refractivity contribution in [1.29, 1.82) is 0 Å². The number of furan rings is 1. The summed E-state index contributed by atoms with van der Waals surface area (Å²) in [4.78, 5) is 33.0. The van der Waals surface area contributed by atoms with Crippen LogP contribution in [0.5, 0.6) is 0 Å². The van der Waals surface area contributed by atoms with Gasteiger partial charge >= 0.3 is 0 Å². The smallest absolute Gasteiger partial charge is 0.263 e. The van der Waals surface area contributed by atoms with Crippen molar-refractivity contribution in [2.75, 3.05) is 18.8 Å². The topological polar surface area (TPSA) is 68.3 Å². The predicted octanol–water partition coefficient (Wildman–Crippen LogP) is 4.01. The first-order valence-electron chi connectivity index (χ1n) is 9.26. The van der Waals surface area contributed by atoms with Gasteiger partial charge in [0.05, 0.1) is 17.4 Å². The van der Waals surface area contributed by atoms with Crippen molar-refractivity contribution in [2.45, 2.75) is 31.0 Å². The fraction of sp³-hybridized carbons (Fsp3) is 0.350. The SMILES string of the molecule is C=CCn1c(SCC(=O)N2CCCCC2)nc2scc(-c3ccco3)c2c1=O. The molecule has 0 bridgehead atoms. The van der Waals surface area contributed by atoms with Crippen molar-refractivity contribution in [3.05, 3.63) is 46.8 Å². The molecule has 0 aromatic carbocycles. The molecule has 1 aliphatic heterocycles. The number of nitrogens with zero attached hydrogens (tertiary/aromatic N) is 3. The van der Waals surface area contributed by atoms with Gasteiger partial charge in [0.1, 0.15) is 10.6 Å². The zero-order chi connectivity index (χ0) is 19.5. The van der Waals surface area contributed by atoms with Gasteiger partial charge in [0.25, 0.3) is 5.56 Å². The van der Waals surface area contributed by atoms with Gasteiger partial charge in [-0.2, -0.15) is 0 Å². The summed E-state index contributed by atoms with van der Waals surface area (Å²) in [6, 6.07) is 3.63. The Hall–Kier alpha value is -2.32. The Kier molecular flexibility index (Phi) is 5.68. The average Bonchev–Trinajstić information content (AvgIpc) is 3.39. The molecule has 0 unspecified atom stereocenters. The zero-order valence-corrected chi connectivity index (χ0v) is 17.1. The first-order valence-corrected chi connectivity index (χ1v) is 11.1. The number of hydrogen-bond donors (Lipinski definition) is 0. The van der Waals surface area contributed by atoms with Gasteiger partial charge in [-0.15, -0.1) is 17.9 Å². The van der Waals surface area contributed by atoms with Crippen LogP contribution in [0.15, 0.2) is 50.8 Å². The number of aromatic nitrogens is 2. The summed E-state index contributed by atoms with van der Waals surface area (Å²) in [7, 11) is 0. The Bertz CT molecular complexity index is 1050. The summed E-state index contributed by atoms with van der Waals surface area (Å²) in [6.45, 7) is 5.75. The number of carbonyl (C=O) groups is 1. The molecule has 0 atom stereocenters. The standard InChI is InChI=1S/C20H21N3O3S2/c1-2-8-23-19(25)17-14(15-7-6-11-26-15)12-27-18(17)21-20(23)28-13-16(24)22-9-4-3-5-10-22/h2,6-7,11-12H,1,3-5,8-10,13H2. The summed E-state index contributed by atoms with van der Waals surface area (Å²) < 4.78 is 7.06. The lowest BCUT2D eigenvalue weighted by Crippen LogP contribution is -2.37. The quantitative estimate of drug-likeness (QED) is 0.346. The Morgan fingerprint density at radius 3 is 2.89 bits per heavy atom. The van der Waals surface area contributed by atoms with E-state index in [-0.39, 0.29) is 17.2 Å². The highest BCUT2D eigenvalue weighted by atomic mass is 32.2. The first kappa shape index (κ1) is 19.0. The molecular weight excluding hydrogens is 394 g/mol. The second-order valence-electron chi connectivity index (χ2n) is 6.64. The third kappa shape index (κ3) is 3.66. The molecule has 1 amide bonds. The van der Waals surface area contributed by atoms with E-state index in [0.717, 1.165) is 31.5 Å². The molecule has 0 aliphatic carbocycles. The summed E-state index contributed by atoms with van der Waals surface area (Å²) >= 11 is 2.73. The van der Waals surface area contributed by atoms with E-state index < -0.39 is 0 Å². The van der Waals surface area contributed by atoms with E-state index in [0.29, 0.717) is 27.7 Å². The highest BCUT2D eigenvalue weighted by Gasteiger charge is 2.21. The lowest BCUT2D eigenvalue weighted by molar-refractivity contribution is -0.129. The minimum atomic E-state index is -0.134. The van der Waals surface area contributed by atoms with Crippen molar-refractivity contribution >= 4 is 39.2 Å². The van der Waals surface area contributed by atoms with Gasteiger partial charge in [-0.3, -0.25) is 14.2 Å². The van der Waals surface area contributed by atoms with Crippen molar-refractivity contribution in [2.24, 2.45) is 0 Å². The minimum Gasteiger partial charge on any atom is -0.464 e. The number of thiophene rings is 1. The van der Waals surface area contributed by atoms with Crippen molar-refractivity contribution < 1.29 is 9.21 Å². The van der Waals surface area contributed by atoms with Crippen LogP contribution in [0.25, 0.3) is 21.5 Å². The van der Waals surface area contributed by atoms with Crippen molar-refractivity contribution in [3.8, 4) is 11.3 Å². The summed E-state index contributed by atoms with van der Waals surface area (Å²) in [5, 5.41) is 2.99. The van der Waals surface area contributed by atoms with Crippen LogP contribution < -0.4 is 5.56 Å². The van der Waals surface area contributed by atoms with E-state index in [4.69, 9.17) is 4.42 Å². The van der Waals surface area contributed by atoms with Crippen LogP contribution in [0.3, 0.4) is 0 Å². The molecule has 6 nitrogen and oxygen atoms in total. The van der Waals surface area contributed by atoms with Crippen LogP contribution in [0, 0.1) is 0 Å². The van der Waals surface area contributed by atoms with Crippen molar-refractivity contribution in [1.82, 2.24) is 14.5 Å². The number of thioether (sulfide) groups is 1. The largest absolute Gasteiger partial charge is 0.464 e.